The number of fused-ring (bicyclic) bond motifs is 1. The average molecular weight is 332 g/mol. The van der Waals surface area contributed by atoms with Crippen molar-refractivity contribution in [2.75, 3.05) is 0 Å². The van der Waals surface area contributed by atoms with Gasteiger partial charge in [-0.05, 0) is 33.1 Å². The molecule has 0 radical (unpaired) electrons. The second kappa shape index (κ2) is 7.55. The molecule has 2 aromatic rings. The smallest absolute Gasteiger partial charge is 0.226 e. The van der Waals surface area contributed by atoms with Crippen LogP contribution in [0, 0.1) is 6.92 Å². The van der Waals surface area contributed by atoms with Gasteiger partial charge in [-0.2, -0.15) is 4.98 Å². The summed E-state index contributed by atoms with van der Waals surface area (Å²) in [5.41, 5.74) is 0. The van der Waals surface area contributed by atoms with E-state index < -0.39 is 0 Å². The molecule has 2 aromatic heterocycles. The van der Waals surface area contributed by atoms with Crippen molar-refractivity contribution in [3.8, 4) is 0 Å². The van der Waals surface area contributed by atoms with Crippen molar-refractivity contribution in [1.82, 2.24) is 30.2 Å². The zero-order valence-electron chi connectivity index (χ0n) is 14.3. The normalized spacial score (nSPS) is 15.6. The lowest BCUT2D eigenvalue weighted by molar-refractivity contribution is -0.121. The van der Waals surface area contributed by atoms with Crippen LogP contribution in [0.25, 0.3) is 0 Å². The van der Waals surface area contributed by atoms with E-state index in [1.165, 1.54) is 6.42 Å². The van der Waals surface area contributed by atoms with Gasteiger partial charge in [-0.25, -0.2) is 0 Å². The molecule has 8 heteroatoms. The summed E-state index contributed by atoms with van der Waals surface area (Å²) in [7, 11) is 0. The largest absolute Gasteiger partial charge is 0.346 e. The molecule has 0 spiro atoms. The first-order valence-corrected chi connectivity index (χ1v) is 8.64. The highest BCUT2D eigenvalue weighted by Crippen LogP contribution is 2.18. The molecule has 1 aliphatic rings. The van der Waals surface area contributed by atoms with Crippen LogP contribution in [0.1, 0.15) is 68.4 Å². The van der Waals surface area contributed by atoms with Crippen molar-refractivity contribution in [2.24, 2.45) is 0 Å². The Bertz CT molecular complexity index is 693. The Labute approximate surface area is 141 Å². The van der Waals surface area contributed by atoms with Crippen LogP contribution >= 0.6 is 0 Å². The van der Waals surface area contributed by atoms with Gasteiger partial charge in [-0.3, -0.25) is 4.79 Å². The number of carbonyl (C=O) groups excluding carboxylic acids is 1. The fraction of sp³-hybridized carbons (Fsp3) is 0.688. The molecule has 130 valence electrons. The number of nitrogens with one attached hydrogen (secondary N) is 1. The van der Waals surface area contributed by atoms with E-state index in [9.17, 15) is 4.79 Å². The standard InChI is InChI=1S/C16H24N6O2/c1-11(16-20-19-13-7-4-3-5-10-22(13)16)17-14(23)8-6-9-15-18-12(2)21-24-15/h11H,3-10H2,1-2H3,(H,17,23)/t11-/m1/s1. The van der Waals surface area contributed by atoms with E-state index in [2.05, 4.69) is 30.2 Å². The molecule has 3 heterocycles. The molecule has 1 N–H and O–H groups in total. The lowest BCUT2D eigenvalue weighted by Gasteiger charge is -2.15. The molecule has 1 amide bonds. The lowest BCUT2D eigenvalue weighted by atomic mass is 10.2. The Kier molecular flexibility index (Phi) is 5.22. The summed E-state index contributed by atoms with van der Waals surface area (Å²) in [5, 5.41) is 15.3. The second-order valence-electron chi connectivity index (χ2n) is 6.31. The molecular weight excluding hydrogens is 308 g/mol. The van der Waals surface area contributed by atoms with Gasteiger partial charge >= 0.3 is 0 Å². The topological polar surface area (TPSA) is 98.7 Å². The molecule has 8 nitrogen and oxygen atoms in total. The monoisotopic (exact) mass is 332 g/mol. The molecule has 24 heavy (non-hydrogen) atoms. The van der Waals surface area contributed by atoms with E-state index in [1.807, 2.05) is 6.92 Å². The third kappa shape index (κ3) is 3.98. The minimum Gasteiger partial charge on any atom is -0.346 e. The summed E-state index contributed by atoms with van der Waals surface area (Å²) in [6, 6.07) is -0.137. The van der Waals surface area contributed by atoms with Crippen molar-refractivity contribution in [2.45, 2.75) is 71.4 Å². The number of rotatable bonds is 6. The third-order valence-electron chi connectivity index (χ3n) is 4.27. The minimum absolute atomic E-state index is 0.00436. The Morgan fingerprint density at radius 3 is 3.00 bits per heavy atom. The van der Waals surface area contributed by atoms with E-state index in [4.69, 9.17) is 4.52 Å². The van der Waals surface area contributed by atoms with Crippen molar-refractivity contribution in [1.29, 1.82) is 0 Å². The van der Waals surface area contributed by atoms with Crippen molar-refractivity contribution < 1.29 is 9.32 Å². The van der Waals surface area contributed by atoms with E-state index in [0.29, 0.717) is 31.0 Å². The number of hydrogen-bond acceptors (Lipinski definition) is 6. The van der Waals surface area contributed by atoms with Crippen LogP contribution in [0.5, 0.6) is 0 Å². The summed E-state index contributed by atoms with van der Waals surface area (Å²) in [5.74, 6) is 3.10. The highest BCUT2D eigenvalue weighted by Gasteiger charge is 2.20. The van der Waals surface area contributed by atoms with E-state index in [1.54, 1.807) is 6.92 Å². The Morgan fingerprint density at radius 2 is 2.21 bits per heavy atom. The van der Waals surface area contributed by atoms with Gasteiger partial charge in [0.2, 0.25) is 11.8 Å². The Hall–Kier alpha value is -2.25. The van der Waals surface area contributed by atoms with Gasteiger partial charge in [0.25, 0.3) is 0 Å². The first-order valence-electron chi connectivity index (χ1n) is 8.64. The number of hydrogen-bond donors (Lipinski definition) is 1. The number of aromatic nitrogens is 5. The lowest BCUT2D eigenvalue weighted by Crippen LogP contribution is -2.28. The van der Waals surface area contributed by atoms with Gasteiger partial charge in [0.15, 0.2) is 11.6 Å². The molecular formula is C16H24N6O2. The highest BCUT2D eigenvalue weighted by molar-refractivity contribution is 5.76. The summed E-state index contributed by atoms with van der Waals surface area (Å²) in [6.45, 7) is 4.68. The van der Waals surface area contributed by atoms with Crippen LogP contribution in [-0.4, -0.2) is 30.8 Å². The predicted molar refractivity (Wildman–Crippen MR) is 86.1 cm³/mol. The second-order valence-corrected chi connectivity index (χ2v) is 6.31. The molecule has 1 aliphatic heterocycles. The van der Waals surface area contributed by atoms with Crippen LogP contribution in [0.3, 0.4) is 0 Å². The zero-order valence-corrected chi connectivity index (χ0v) is 14.3. The van der Waals surface area contributed by atoms with Crippen LogP contribution in [0.15, 0.2) is 4.52 Å². The maximum absolute atomic E-state index is 12.1. The Morgan fingerprint density at radius 1 is 1.33 bits per heavy atom. The molecule has 0 saturated carbocycles. The van der Waals surface area contributed by atoms with E-state index >= 15 is 0 Å². The zero-order chi connectivity index (χ0) is 16.9. The highest BCUT2D eigenvalue weighted by atomic mass is 16.5. The molecule has 1 atom stereocenters. The van der Waals surface area contributed by atoms with Crippen molar-refractivity contribution >= 4 is 5.91 Å². The molecule has 0 aliphatic carbocycles. The first-order chi connectivity index (χ1) is 11.6. The summed E-state index contributed by atoms with van der Waals surface area (Å²) in [6.07, 6.45) is 6.21. The van der Waals surface area contributed by atoms with Crippen molar-refractivity contribution in [3.63, 3.8) is 0 Å². The average Bonchev–Trinajstić information content (AvgIpc) is 3.07. The number of aryl methyl sites for hydroxylation is 3. The fourth-order valence-corrected chi connectivity index (χ4v) is 3.05. The third-order valence-corrected chi connectivity index (χ3v) is 4.27. The molecule has 0 aromatic carbocycles. The van der Waals surface area contributed by atoms with Gasteiger partial charge in [0.05, 0.1) is 6.04 Å². The van der Waals surface area contributed by atoms with Gasteiger partial charge in [0.1, 0.15) is 5.82 Å². The summed E-state index contributed by atoms with van der Waals surface area (Å²) < 4.78 is 7.21. The first kappa shape index (κ1) is 16.6. The van der Waals surface area contributed by atoms with Gasteiger partial charge < -0.3 is 14.4 Å². The number of amides is 1. The minimum atomic E-state index is -0.137. The summed E-state index contributed by atoms with van der Waals surface area (Å²) in [4.78, 5) is 16.3. The molecule has 0 fully saturated rings. The van der Waals surface area contributed by atoms with Crippen LogP contribution in [0.4, 0.5) is 0 Å². The van der Waals surface area contributed by atoms with E-state index in [0.717, 1.165) is 37.5 Å². The maximum Gasteiger partial charge on any atom is 0.226 e. The van der Waals surface area contributed by atoms with Gasteiger partial charge in [-0.1, -0.05) is 11.6 Å². The fourth-order valence-electron chi connectivity index (χ4n) is 3.05. The predicted octanol–water partition coefficient (Wildman–Crippen LogP) is 1.90. The summed E-state index contributed by atoms with van der Waals surface area (Å²) >= 11 is 0. The molecule has 0 saturated heterocycles. The SMILES string of the molecule is Cc1noc(CCCC(=O)N[C@H](C)c2nnc3n2CCCCC3)n1. The van der Waals surface area contributed by atoms with Gasteiger partial charge in [-0.15, -0.1) is 10.2 Å². The number of carbonyl (C=O) groups is 1. The van der Waals surface area contributed by atoms with Crippen LogP contribution < -0.4 is 5.32 Å². The van der Waals surface area contributed by atoms with E-state index in [-0.39, 0.29) is 11.9 Å². The van der Waals surface area contributed by atoms with Crippen LogP contribution in [-0.2, 0) is 24.2 Å². The molecule has 3 rings (SSSR count). The quantitative estimate of drug-likeness (QED) is 0.867. The van der Waals surface area contributed by atoms with Gasteiger partial charge in [0, 0.05) is 25.8 Å². The number of nitrogens with zero attached hydrogens (tertiary/aromatic N) is 5. The van der Waals surface area contributed by atoms with Crippen molar-refractivity contribution in [3.05, 3.63) is 23.4 Å². The molecule has 0 bridgehead atoms. The Balaban J connectivity index is 1.50. The van der Waals surface area contributed by atoms with Crippen LogP contribution in [0.2, 0.25) is 0 Å². The molecule has 0 unspecified atom stereocenters. The maximum atomic E-state index is 12.1.